The van der Waals surface area contributed by atoms with E-state index in [1.807, 2.05) is 50.2 Å². The molecule has 2 N–H and O–H groups in total. The van der Waals surface area contributed by atoms with Gasteiger partial charge in [0.15, 0.2) is 11.0 Å². The third kappa shape index (κ3) is 5.77. The summed E-state index contributed by atoms with van der Waals surface area (Å²) in [7, 11) is 0. The van der Waals surface area contributed by atoms with Crippen LogP contribution in [0.2, 0.25) is 0 Å². The van der Waals surface area contributed by atoms with E-state index in [9.17, 15) is 4.79 Å². The first-order chi connectivity index (χ1) is 16.6. The lowest BCUT2D eigenvalue weighted by molar-refractivity contribution is -0.118. The number of ketones is 1. The van der Waals surface area contributed by atoms with Crippen molar-refractivity contribution in [3.05, 3.63) is 47.7 Å². The molecule has 178 valence electrons. The minimum atomic E-state index is 0.252. The van der Waals surface area contributed by atoms with Gasteiger partial charge in [0.1, 0.15) is 17.4 Å². The van der Waals surface area contributed by atoms with Crippen LogP contribution in [0.15, 0.2) is 46.5 Å². The highest BCUT2D eigenvalue weighted by Crippen LogP contribution is 2.31. The number of nitrogens with zero attached hydrogens (tertiary/aromatic N) is 5. The number of H-pyrrole nitrogens is 1. The molecule has 2 aliphatic rings. The van der Waals surface area contributed by atoms with Crippen LogP contribution in [0.4, 0.5) is 17.5 Å². The second-order valence-corrected chi connectivity index (χ2v) is 10.1. The van der Waals surface area contributed by atoms with Crippen LogP contribution < -0.4 is 10.2 Å². The molecule has 0 radical (unpaired) electrons. The van der Waals surface area contributed by atoms with Crippen LogP contribution in [0.1, 0.15) is 37.4 Å². The molecule has 1 saturated heterocycles. The Kier molecular flexibility index (Phi) is 6.82. The highest BCUT2D eigenvalue weighted by Gasteiger charge is 2.31. The molecule has 1 aliphatic heterocycles. The van der Waals surface area contributed by atoms with E-state index in [0.717, 1.165) is 65.8 Å². The zero-order valence-electron chi connectivity index (χ0n) is 19.8. The molecule has 0 amide bonds. The SMILES string of the molecule is CCC(=O)Cc1ccc(Sc2nc(Nc3cc(C)[nH]n3)cc(N3CCN(C4CC4)CC3)n2)cc1. The Morgan fingerprint density at radius 1 is 1.09 bits per heavy atom. The second kappa shape index (κ2) is 10.1. The van der Waals surface area contributed by atoms with Gasteiger partial charge in [-0.05, 0) is 49.2 Å². The van der Waals surface area contributed by atoms with Crippen molar-refractivity contribution < 1.29 is 4.79 Å². The number of aromatic amines is 1. The van der Waals surface area contributed by atoms with Gasteiger partial charge in [-0.3, -0.25) is 14.8 Å². The second-order valence-electron chi connectivity index (χ2n) is 9.02. The number of nitrogens with one attached hydrogen (secondary N) is 2. The summed E-state index contributed by atoms with van der Waals surface area (Å²) in [5.41, 5.74) is 2.03. The van der Waals surface area contributed by atoms with E-state index in [1.165, 1.54) is 24.6 Å². The Hall–Kier alpha value is -2.91. The van der Waals surface area contributed by atoms with Crippen molar-refractivity contribution in [1.29, 1.82) is 0 Å². The quantitative estimate of drug-likeness (QED) is 0.443. The standard InChI is InChI=1S/C25H31N7OS/c1-3-20(33)15-18-4-8-21(9-5-18)34-25-27-22(26-23-14-17(2)29-30-23)16-24(28-25)32-12-10-31(11-13-32)19-6-7-19/h4-5,8-9,14,16,19H,3,6-7,10-13,15H2,1-2H3,(H2,26,27,28,29,30). The molecule has 1 aromatic carbocycles. The van der Waals surface area contributed by atoms with Gasteiger partial charge in [-0.1, -0.05) is 19.1 Å². The van der Waals surface area contributed by atoms with Gasteiger partial charge >= 0.3 is 0 Å². The van der Waals surface area contributed by atoms with Gasteiger partial charge in [-0.15, -0.1) is 0 Å². The number of carbonyl (C=O) groups excluding carboxylic acids is 1. The fourth-order valence-corrected chi connectivity index (χ4v) is 4.95. The van der Waals surface area contributed by atoms with E-state index in [0.29, 0.717) is 18.0 Å². The van der Waals surface area contributed by atoms with Crippen LogP contribution in [0, 0.1) is 6.92 Å². The molecule has 9 heteroatoms. The number of anilines is 3. The Morgan fingerprint density at radius 3 is 2.50 bits per heavy atom. The van der Waals surface area contributed by atoms with Crippen LogP contribution in [0.5, 0.6) is 0 Å². The summed E-state index contributed by atoms with van der Waals surface area (Å²) in [6, 6.07) is 12.9. The molecule has 0 bridgehead atoms. The van der Waals surface area contributed by atoms with E-state index >= 15 is 0 Å². The fourth-order valence-electron chi connectivity index (χ4n) is 4.19. The zero-order chi connectivity index (χ0) is 23.5. The molecule has 3 heterocycles. The Morgan fingerprint density at radius 2 is 1.85 bits per heavy atom. The molecule has 1 aliphatic carbocycles. The lowest BCUT2D eigenvalue weighted by Crippen LogP contribution is -2.47. The summed E-state index contributed by atoms with van der Waals surface area (Å²) in [4.78, 5) is 27.4. The van der Waals surface area contributed by atoms with Gasteiger partial charge in [0.25, 0.3) is 0 Å². The van der Waals surface area contributed by atoms with Crippen LogP contribution in [0.3, 0.4) is 0 Å². The van der Waals surface area contributed by atoms with E-state index in [2.05, 4.69) is 25.3 Å². The largest absolute Gasteiger partial charge is 0.354 e. The molecular weight excluding hydrogens is 446 g/mol. The predicted octanol–water partition coefficient (Wildman–Crippen LogP) is 4.21. The van der Waals surface area contributed by atoms with Crippen LogP contribution >= 0.6 is 11.8 Å². The van der Waals surface area contributed by atoms with Crippen LogP contribution in [-0.2, 0) is 11.2 Å². The Balaban J connectivity index is 1.35. The number of rotatable bonds is 9. The average molecular weight is 478 g/mol. The maximum absolute atomic E-state index is 11.7. The molecule has 0 spiro atoms. The van der Waals surface area contributed by atoms with Crippen molar-refractivity contribution in [2.75, 3.05) is 36.4 Å². The first kappa shape index (κ1) is 22.9. The maximum Gasteiger partial charge on any atom is 0.196 e. The van der Waals surface area contributed by atoms with Crippen molar-refractivity contribution in [1.82, 2.24) is 25.1 Å². The Bertz CT molecular complexity index is 1130. The lowest BCUT2D eigenvalue weighted by atomic mass is 10.1. The number of piperazine rings is 1. The fraction of sp³-hybridized carbons (Fsp3) is 0.440. The molecule has 1 saturated carbocycles. The molecule has 2 fully saturated rings. The molecule has 5 rings (SSSR count). The third-order valence-corrected chi connectivity index (χ3v) is 7.16. The smallest absolute Gasteiger partial charge is 0.196 e. The minimum absolute atomic E-state index is 0.252. The Labute approximate surface area is 204 Å². The molecule has 2 aromatic heterocycles. The molecule has 8 nitrogen and oxygen atoms in total. The highest BCUT2D eigenvalue weighted by atomic mass is 32.2. The summed E-state index contributed by atoms with van der Waals surface area (Å²) in [5.74, 6) is 2.66. The summed E-state index contributed by atoms with van der Waals surface area (Å²) in [6.45, 7) is 7.98. The topological polar surface area (TPSA) is 90.0 Å². The van der Waals surface area contributed by atoms with Crippen molar-refractivity contribution in [2.24, 2.45) is 0 Å². The van der Waals surface area contributed by atoms with Gasteiger partial charge < -0.3 is 10.2 Å². The molecular formula is C25H31N7OS. The van der Waals surface area contributed by atoms with Crippen LogP contribution in [0.25, 0.3) is 0 Å². The average Bonchev–Trinajstić information content (AvgIpc) is 3.62. The summed E-state index contributed by atoms with van der Waals surface area (Å²) >= 11 is 1.53. The number of hydrogen-bond donors (Lipinski definition) is 2. The van der Waals surface area contributed by atoms with E-state index in [-0.39, 0.29) is 5.78 Å². The van der Waals surface area contributed by atoms with Crippen molar-refractivity contribution >= 4 is 35.0 Å². The summed E-state index contributed by atoms with van der Waals surface area (Å²) in [5, 5.41) is 11.3. The normalized spacial score (nSPS) is 16.6. The van der Waals surface area contributed by atoms with E-state index < -0.39 is 0 Å². The highest BCUT2D eigenvalue weighted by molar-refractivity contribution is 7.99. The van der Waals surface area contributed by atoms with Crippen molar-refractivity contribution in [3.8, 4) is 0 Å². The maximum atomic E-state index is 11.7. The van der Waals surface area contributed by atoms with Gasteiger partial charge in [-0.25, -0.2) is 9.97 Å². The number of aryl methyl sites for hydroxylation is 1. The molecule has 0 unspecified atom stereocenters. The van der Waals surface area contributed by atoms with Gasteiger partial charge in [0.2, 0.25) is 0 Å². The van der Waals surface area contributed by atoms with Gasteiger partial charge in [0, 0.05) is 67.8 Å². The molecule has 34 heavy (non-hydrogen) atoms. The first-order valence-corrected chi connectivity index (χ1v) is 12.8. The lowest BCUT2D eigenvalue weighted by Gasteiger charge is -2.35. The monoisotopic (exact) mass is 477 g/mol. The number of Topliss-reactive ketones (excluding diaryl/α,β-unsaturated/α-hetero) is 1. The van der Waals surface area contributed by atoms with Gasteiger partial charge in [-0.2, -0.15) is 5.10 Å². The zero-order valence-corrected chi connectivity index (χ0v) is 20.6. The van der Waals surface area contributed by atoms with E-state index in [1.54, 1.807) is 0 Å². The predicted molar refractivity (Wildman–Crippen MR) is 135 cm³/mol. The summed E-state index contributed by atoms with van der Waals surface area (Å²) < 4.78 is 0. The van der Waals surface area contributed by atoms with Gasteiger partial charge in [0.05, 0.1) is 0 Å². The van der Waals surface area contributed by atoms with Crippen LogP contribution in [-0.4, -0.2) is 63.1 Å². The molecule has 3 aromatic rings. The number of benzene rings is 1. The van der Waals surface area contributed by atoms with Crippen molar-refractivity contribution in [3.63, 3.8) is 0 Å². The van der Waals surface area contributed by atoms with Crippen molar-refractivity contribution in [2.45, 2.75) is 55.6 Å². The third-order valence-electron chi connectivity index (χ3n) is 6.28. The van der Waals surface area contributed by atoms with E-state index in [4.69, 9.17) is 9.97 Å². The molecule has 0 atom stereocenters. The number of carbonyl (C=O) groups is 1. The first-order valence-electron chi connectivity index (χ1n) is 12.0. The summed E-state index contributed by atoms with van der Waals surface area (Å²) in [6.07, 6.45) is 3.74. The number of hydrogen-bond acceptors (Lipinski definition) is 8. The minimum Gasteiger partial charge on any atom is -0.354 e. The number of aromatic nitrogens is 4.